The summed E-state index contributed by atoms with van der Waals surface area (Å²) in [6.07, 6.45) is 1.73. The zero-order valence-electron chi connectivity index (χ0n) is 16.3. The van der Waals surface area contributed by atoms with E-state index in [1.54, 1.807) is 25.4 Å². The van der Waals surface area contributed by atoms with Crippen molar-refractivity contribution in [1.29, 1.82) is 0 Å². The number of ether oxygens (including phenoxy) is 1. The lowest BCUT2D eigenvalue weighted by Crippen LogP contribution is -2.27. The average molecular weight is 418 g/mol. The lowest BCUT2D eigenvalue weighted by atomic mass is 10.0. The van der Waals surface area contributed by atoms with Crippen LogP contribution in [0.2, 0.25) is 5.02 Å². The number of nitrogens with one attached hydrogen (secondary N) is 2. The maximum absolute atomic E-state index is 13.3. The Morgan fingerprint density at radius 2 is 1.73 bits per heavy atom. The number of carbonyl (C=O) groups is 1. The van der Waals surface area contributed by atoms with Crippen molar-refractivity contribution in [2.24, 2.45) is 0 Å². The van der Waals surface area contributed by atoms with Crippen molar-refractivity contribution in [3.63, 3.8) is 0 Å². The molecule has 1 heterocycles. The van der Waals surface area contributed by atoms with Gasteiger partial charge in [0.05, 0.1) is 18.3 Å². The number of halogens is 1. The summed E-state index contributed by atoms with van der Waals surface area (Å²) < 4.78 is 5.21. The van der Waals surface area contributed by atoms with Gasteiger partial charge in [0.15, 0.2) is 0 Å². The molecule has 1 atom stereocenters. The first kappa shape index (κ1) is 19.7. The number of methoxy groups -OCH3 is 1. The number of nitrogens with zero attached hydrogens (tertiary/aromatic N) is 1. The van der Waals surface area contributed by atoms with E-state index in [0.717, 1.165) is 27.9 Å². The zero-order chi connectivity index (χ0) is 20.9. The van der Waals surface area contributed by atoms with Crippen LogP contribution in [-0.4, -0.2) is 18.0 Å². The van der Waals surface area contributed by atoms with Crippen LogP contribution in [0.3, 0.4) is 0 Å². The normalized spacial score (nSPS) is 11.7. The van der Waals surface area contributed by atoms with Crippen molar-refractivity contribution >= 4 is 39.8 Å². The first-order valence-electron chi connectivity index (χ1n) is 9.45. The molecule has 0 saturated heterocycles. The Hall–Kier alpha value is -3.57. The van der Waals surface area contributed by atoms with Gasteiger partial charge in [0.2, 0.25) is 0 Å². The van der Waals surface area contributed by atoms with Gasteiger partial charge < -0.3 is 15.4 Å². The SMILES string of the molecule is COc1ccc(NC(C(=O)Nc2cccc3ncccc23)c2ccc(Cl)cc2)cc1. The second-order valence-corrected chi connectivity index (χ2v) is 7.16. The predicted molar refractivity (Wildman–Crippen MR) is 121 cm³/mol. The summed E-state index contributed by atoms with van der Waals surface area (Å²) in [5.41, 5.74) is 3.12. The third kappa shape index (κ3) is 4.36. The van der Waals surface area contributed by atoms with E-state index in [1.165, 1.54) is 0 Å². The van der Waals surface area contributed by atoms with Gasteiger partial charge in [0.1, 0.15) is 11.8 Å². The smallest absolute Gasteiger partial charge is 0.251 e. The van der Waals surface area contributed by atoms with Gasteiger partial charge in [-0.3, -0.25) is 9.78 Å². The number of fused-ring (bicyclic) bond motifs is 1. The summed E-state index contributed by atoms with van der Waals surface area (Å²) in [4.78, 5) is 17.7. The quantitative estimate of drug-likeness (QED) is 0.423. The summed E-state index contributed by atoms with van der Waals surface area (Å²) in [6.45, 7) is 0. The molecule has 0 aliphatic heterocycles. The first-order chi connectivity index (χ1) is 14.6. The van der Waals surface area contributed by atoms with E-state index in [1.807, 2.05) is 66.7 Å². The predicted octanol–water partition coefficient (Wildman–Crippen LogP) is 5.69. The maximum Gasteiger partial charge on any atom is 0.251 e. The molecule has 0 saturated carbocycles. The van der Waals surface area contributed by atoms with E-state index in [2.05, 4.69) is 15.6 Å². The molecule has 4 aromatic rings. The fourth-order valence-corrected chi connectivity index (χ4v) is 3.35. The number of pyridine rings is 1. The second-order valence-electron chi connectivity index (χ2n) is 6.72. The number of anilines is 2. The number of carbonyl (C=O) groups excluding carboxylic acids is 1. The topological polar surface area (TPSA) is 63.2 Å². The van der Waals surface area contributed by atoms with Crippen molar-refractivity contribution in [1.82, 2.24) is 4.98 Å². The Labute approximate surface area is 179 Å². The number of hydrogen-bond donors (Lipinski definition) is 2. The molecule has 6 heteroatoms. The minimum absolute atomic E-state index is 0.190. The molecule has 0 aliphatic rings. The van der Waals surface area contributed by atoms with Crippen molar-refractivity contribution in [2.75, 3.05) is 17.7 Å². The molecule has 0 spiro atoms. The molecule has 150 valence electrons. The van der Waals surface area contributed by atoms with E-state index in [-0.39, 0.29) is 5.91 Å². The van der Waals surface area contributed by atoms with Gasteiger partial charge in [-0.25, -0.2) is 0 Å². The van der Waals surface area contributed by atoms with E-state index < -0.39 is 6.04 Å². The molecule has 5 nitrogen and oxygen atoms in total. The minimum atomic E-state index is -0.623. The van der Waals surface area contributed by atoms with Crippen molar-refractivity contribution in [2.45, 2.75) is 6.04 Å². The number of benzene rings is 3. The Kier molecular flexibility index (Phi) is 5.82. The molecular weight excluding hydrogens is 398 g/mol. The first-order valence-corrected chi connectivity index (χ1v) is 9.82. The van der Waals surface area contributed by atoms with Crippen molar-refractivity contribution in [3.8, 4) is 5.75 Å². The number of aromatic nitrogens is 1. The van der Waals surface area contributed by atoms with Crippen LogP contribution in [0.5, 0.6) is 5.75 Å². The maximum atomic E-state index is 13.3. The van der Waals surface area contributed by atoms with E-state index in [4.69, 9.17) is 16.3 Å². The number of rotatable bonds is 6. The fraction of sp³-hybridized carbons (Fsp3) is 0.0833. The highest BCUT2D eigenvalue weighted by Crippen LogP contribution is 2.27. The highest BCUT2D eigenvalue weighted by atomic mass is 35.5. The number of hydrogen-bond acceptors (Lipinski definition) is 4. The molecule has 2 N–H and O–H groups in total. The van der Waals surface area contributed by atoms with Crippen LogP contribution in [0.25, 0.3) is 10.9 Å². The molecule has 0 bridgehead atoms. The van der Waals surface area contributed by atoms with Gasteiger partial charge in [-0.1, -0.05) is 29.8 Å². The molecule has 0 fully saturated rings. The molecule has 4 rings (SSSR count). The van der Waals surface area contributed by atoms with Gasteiger partial charge >= 0.3 is 0 Å². The molecule has 0 aliphatic carbocycles. The highest BCUT2D eigenvalue weighted by Gasteiger charge is 2.21. The van der Waals surface area contributed by atoms with Gasteiger partial charge in [-0.05, 0) is 66.2 Å². The largest absolute Gasteiger partial charge is 0.497 e. The molecule has 1 unspecified atom stereocenters. The van der Waals surface area contributed by atoms with Gasteiger partial charge in [-0.15, -0.1) is 0 Å². The molecule has 3 aromatic carbocycles. The molecule has 1 amide bonds. The van der Waals surface area contributed by atoms with Gasteiger partial charge in [0, 0.05) is 22.3 Å². The van der Waals surface area contributed by atoms with Crippen LogP contribution < -0.4 is 15.4 Å². The Morgan fingerprint density at radius 1 is 0.967 bits per heavy atom. The Balaban J connectivity index is 1.65. The van der Waals surface area contributed by atoms with Crippen LogP contribution in [-0.2, 0) is 4.79 Å². The zero-order valence-corrected chi connectivity index (χ0v) is 17.1. The van der Waals surface area contributed by atoms with Crippen LogP contribution in [0, 0.1) is 0 Å². The minimum Gasteiger partial charge on any atom is -0.497 e. The monoisotopic (exact) mass is 417 g/mol. The summed E-state index contributed by atoms with van der Waals surface area (Å²) in [5.74, 6) is 0.556. The van der Waals surface area contributed by atoms with E-state index >= 15 is 0 Å². The Bertz CT molecular complexity index is 1160. The van der Waals surface area contributed by atoms with Crippen molar-refractivity contribution < 1.29 is 9.53 Å². The second kappa shape index (κ2) is 8.84. The molecular formula is C24H20ClN3O2. The highest BCUT2D eigenvalue weighted by molar-refractivity contribution is 6.30. The third-order valence-electron chi connectivity index (χ3n) is 4.77. The van der Waals surface area contributed by atoms with Crippen LogP contribution in [0.1, 0.15) is 11.6 Å². The van der Waals surface area contributed by atoms with Crippen LogP contribution in [0.15, 0.2) is 85.1 Å². The van der Waals surface area contributed by atoms with Crippen LogP contribution >= 0.6 is 11.6 Å². The van der Waals surface area contributed by atoms with Gasteiger partial charge in [-0.2, -0.15) is 0 Å². The fourth-order valence-electron chi connectivity index (χ4n) is 3.23. The summed E-state index contributed by atoms with van der Waals surface area (Å²) in [5, 5.41) is 7.85. The summed E-state index contributed by atoms with van der Waals surface area (Å²) >= 11 is 6.04. The van der Waals surface area contributed by atoms with E-state index in [9.17, 15) is 4.79 Å². The van der Waals surface area contributed by atoms with Gasteiger partial charge in [0.25, 0.3) is 5.91 Å². The van der Waals surface area contributed by atoms with Crippen molar-refractivity contribution in [3.05, 3.63) is 95.6 Å². The third-order valence-corrected chi connectivity index (χ3v) is 5.02. The summed E-state index contributed by atoms with van der Waals surface area (Å²) in [6, 6.07) is 23.5. The molecule has 30 heavy (non-hydrogen) atoms. The van der Waals surface area contributed by atoms with Crippen LogP contribution in [0.4, 0.5) is 11.4 Å². The van der Waals surface area contributed by atoms with E-state index in [0.29, 0.717) is 10.7 Å². The molecule has 0 radical (unpaired) electrons. The number of amides is 1. The lowest BCUT2D eigenvalue weighted by Gasteiger charge is -2.21. The summed E-state index contributed by atoms with van der Waals surface area (Å²) in [7, 11) is 1.62. The lowest BCUT2D eigenvalue weighted by molar-refractivity contribution is -0.117. The average Bonchev–Trinajstić information content (AvgIpc) is 2.79. The molecule has 1 aromatic heterocycles. The standard InChI is InChI=1S/C24H20ClN3O2/c1-30-19-13-11-18(12-14-19)27-23(16-7-9-17(25)10-8-16)24(29)28-22-6-2-5-21-20(22)4-3-15-26-21/h2-15,23,27H,1H3,(H,28,29). The Morgan fingerprint density at radius 3 is 2.47 bits per heavy atom.